The Morgan fingerprint density at radius 2 is 1.53 bits per heavy atom. The number of hydrogen-bond acceptors (Lipinski definition) is 0. The van der Waals surface area contributed by atoms with Gasteiger partial charge in [0.25, 0.3) is 0 Å². The monoisotopic (exact) mass is 219 g/mol. The van der Waals surface area contributed by atoms with Crippen LogP contribution in [0.2, 0.25) is 5.02 Å². The Morgan fingerprint density at radius 1 is 0.933 bits per heavy atom. The van der Waals surface area contributed by atoms with Gasteiger partial charge >= 0.3 is 0 Å². The SMILES string of the molecule is Cc1ccc(Cl)cc1-n1c(C)ccc1C. The Morgan fingerprint density at radius 3 is 2.13 bits per heavy atom. The number of aryl methyl sites for hydroxylation is 3. The van der Waals surface area contributed by atoms with E-state index in [0.717, 1.165) is 5.02 Å². The molecular weight excluding hydrogens is 206 g/mol. The third kappa shape index (κ3) is 1.80. The molecule has 0 amide bonds. The lowest BCUT2D eigenvalue weighted by Crippen LogP contribution is -2.00. The van der Waals surface area contributed by atoms with Crippen molar-refractivity contribution >= 4 is 11.6 Å². The zero-order chi connectivity index (χ0) is 11.0. The lowest BCUT2D eigenvalue weighted by atomic mass is 10.2. The average molecular weight is 220 g/mol. The minimum absolute atomic E-state index is 0.781. The molecule has 15 heavy (non-hydrogen) atoms. The van der Waals surface area contributed by atoms with Crippen LogP contribution in [-0.4, -0.2) is 4.57 Å². The van der Waals surface area contributed by atoms with Gasteiger partial charge in [-0.2, -0.15) is 0 Å². The summed E-state index contributed by atoms with van der Waals surface area (Å²) in [4.78, 5) is 0. The summed E-state index contributed by atoms with van der Waals surface area (Å²) in [5.41, 5.74) is 4.88. The quantitative estimate of drug-likeness (QED) is 0.682. The molecule has 1 nitrogen and oxygen atoms in total. The second-order valence-electron chi connectivity index (χ2n) is 3.88. The van der Waals surface area contributed by atoms with Crippen LogP contribution in [0.1, 0.15) is 17.0 Å². The maximum Gasteiger partial charge on any atom is 0.0498 e. The molecule has 0 unspecified atom stereocenters. The van der Waals surface area contributed by atoms with Gasteiger partial charge in [0, 0.05) is 22.1 Å². The number of rotatable bonds is 1. The molecule has 0 aliphatic rings. The first kappa shape index (κ1) is 10.3. The molecule has 0 saturated carbocycles. The number of nitrogens with zero attached hydrogens (tertiary/aromatic N) is 1. The highest BCUT2D eigenvalue weighted by atomic mass is 35.5. The Labute approximate surface area is 95.3 Å². The van der Waals surface area contributed by atoms with E-state index in [1.54, 1.807) is 0 Å². The summed E-state index contributed by atoms with van der Waals surface area (Å²) in [6.07, 6.45) is 0. The molecule has 0 aliphatic carbocycles. The Balaban J connectivity index is 2.68. The second kappa shape index (κ2) is 3.74. The summed E-state index contributed by atoms with van der Waals surface area (Å²) < 4.78 is 2.22. The van der Waals surface area contributed by atoms with Crippen LogP contribution in [0.3, 0.4) is 0 Å². The van der Waals surface area contributed by atoms with Crippen molar-refractivity contribution in [3.05, 3.63) is 52.3 Å². The van der Waals surface area contributed by atoms with Crippen LogP contribution < -0.4 is 0 Å². The molecule has 1 aromatic heterocycles. The van der Waals surface area contributed by atoms with E-state index in [2.05, 4.69) is 43.5 Å². The van der Waals surface area contributed by atoms with Crippen LogP contribution in [0.5, 0.6) is 0 Å². The zero-order valence-electron chi connectivity index (χ0n) is 9.21. The van der Waals surface area contributed by atoms with Crippen LogP contribution in [0.25, 0.3) is 5.69 Å². The van der Waals surface area contributed by atoms with Crippen LogP contribution in [0.15, 0.2) is 30.3 Å². The number of benzene rings is 1. The third-order valence-electron chi connectivity index (χ3n) is 2.68. The number of aromatic nitrogens is 1. The highest BCUT2D eigenvalue weighted by molar-refractivity contribution is 6.30. The van der Waals surface area contributed by atoms with Crippen LogP contribution in [0, 0.1) is 20.8 Å². The molecule has 78 valence electrons. The van der Waals surface area contributed by atoms with E-state index in [4.69, 9.17) is 11.6 Å². The van der Waals surface area contributed by atoms with Crippen LogP contribution in [-0.2, 0) is 0 Å². The smallest absolute Gasteiger partial charge is 0.0498 e. The number of hydrogen-bond donors (Lipinski definition) is 0. The van der Waals surface area contributed by atoms with E-state index < -0.39 is 0 Å². The molecule has 2 heteroatoms. The molecule has 1 aromatic carbocycles. The van der Waals surface area contributed by atoms with Crippen molar-refractivity contribution in [2.45, 2.75) is 20.8 Å². The normalized spacial score (nSPS) is 10.7. The molecule has 0 spiro atoms. The topological polar surface area (TPSA) is 4.93 Å². The van der Waals surface area contributed by atoms with Gasteiger partial charge < -0.3 is 4.57 Å². The summed E-state index contributed by atoms with van der Waals surface area (Å²) in [7, 11) is 0. The van der Waals surface area contributed by atoms with Gasteiger partial charge in [-0.05, 0) is 50.6 Å². The van der Waals surface area contributed by atoms with Crippen molar-refractivity contribution in [1.29, 1.82) is 0 Å². The highest BCUT2D eigenvalue weighted by Gasteiger charge is 2.06. The Kier molecular flexibility index (Phi) is 2.57. The first-order chi connectivity index (χ1) is 7.09. The largest absolute Gasteiger partial charge is 0.318 e. The molecule has 0 saturated heterocycles. The summed E-state index contributed by atoms with van der Waals surface area (Å²) in [6.45, 7) is 6.31. The molecule has 0 N–H and O–H groups in total. The van der Waals surface area contributed by atoms with E-state index in [1.807, 2.05) is 12.1 Å². The molecule has 1 heterocycles. The van der Waals surface area contributed by atoms with E-state index >= 15 is 0 Å². The Bertz CT molecular complexity index is 478. The van der Waals surface area contributed by atoms with Gasteiger partial charge in [-0.25, -0.2) is 0 Å². The van der Waals surface area contributed by atoms with Gasteiger partial charge in [0.1, 0.15) is 0 Å². The molecule has 2 aromatic rings. The lowest BCUT2D eigenvalue weighted by molar-refractivity contribution is 0.955. The van der Waals surface area contributed by atoms with E-state index in [1.165, 1.54) is 22.6 Å². The fraction of sp³-hybridized carbons (Fsp3) is 0.231. The van der Waals surface area contributed by atoms with Gasteiger partial charge in [0.15, 0.2) is 0 Å². The lowest BCUT2D eigenvalue weighted by Gasteiger charge is -2.12. The van der Waals surface area contributed by atoms with Crippen LogP contribution >= 0.6 is 11.6 Å². The van der Waals surface area contributed by atoms with Crippen molar-refractivity contribution in [3.63, 3.8) is 0 Å². The predicted molar refractivity (Wildman–Crippen MR) is 65.0 cm³/mol. The maximum absolute atomic E-state index is 6.03. The average Bonchev–Trinajstić information content (AvgIpc) is 2.51. The summed E-state index contributed by atoms with van der Waals surface area (Å²) in [6, 6.07) is 10.2. The maximum atomic E-state index is 6.03. The van der Waals surface area contributed by atoms with Gasteiger partial charge in [-0.1, -0.05) is 17.7 Å². The molecule has 0 bridgehead atoms. The molecule has 0 atom stereocenters. The fourth-order valence-electron chi connectivity index (χ4n) is 1.87. The zero-order valence-corrected chi connectivity index (χ0v) is 9.97. The summed E-state index contributed by atoms with van der Waals surface area (Å²) in [5, 5.41) is 0.781. The molecule has 0 aliphatic heterocycles. The number of halogens is 1. The standard InChI is InChI=1S/C13H14ClN/c1-9-4-7-12(14)8-13(9)15-10(2)5-6-11(15)3/h4-8H,1-3H3. The van der Waals surface area contributed by atoms with Gasteiger partial charge in [-0.15, -0.1) is 0 Å². The highest BCUT2D eigenvalue weighted by Crippen LogP contribution is 2.23. The predicted octanol–water partition coefficient (Wildman–Crippen LogP) is 4.06. The van der Waals surface area contributed by atoms with E-state index in [-0.39, 0.29) is 0 Å². The Hall–Kier alpha value is -1.21. The molecule has 0 fully saturated rings. The van der Waals surface area contributed by atoms with Crippen molar-refractivity contribution in [2.24, 2.45) is 0 Å². The van der Waals surface area contributed by atoms with E-state index in [0.29, 0.717) is 0 Å². The van der Waals surface area contributed by atoms with Gasteiger partial charge in [-0.3, -0.25) is 0 Å². The summed E-state index contributed by atoms with van der Waals surface area (Å²) in [5.74, 6) is 0. The molecular formula is C13H14ClN. The fourth-order valence-corrected chi connectivity index (χ4v) is 2.04. The first-order valence-electron chi connectivity index (χ1n) is 5.01. The van der Waals surface area contributed by atoms with Crippen LogP contribution in [0.4, 0.5) is 0 Å². The second-order valence-corrected chi connectivity index (χ2v) is 4.32. The minimum Gasteiger partial charge on any atom is -0.318 e. The third-order valence-corrected chi connectivity index (χ3v) is 2.92. The van der Waals surface area contributed by atoms with Crippen molar-refractivity contribution in [2.75, 3.05) is 0 Å². The molecule has 2 rings (SSSR count). The van der Waals surface area contributed by atoms with Crippen molar-refractivity contribution in [3.8, 4) is 5.69 Å². The van der Waals surface area contributed by atoms with Gasteiger partial charge in [0.2, 0.25) is 0 Å². The summed E-state index contributed by atoms with van der Waals surface area (Å²) >= 11 is 6.03. The minimum atomic E-state index is 0.781. The van der Waals surface area contributed by atoms with E-state index in [9.17, 15) is 0 Å². The molecule has 0 radical (unpaired) electrons. The van der Waals surface area contributed by atoms with Gasteiger partial charge in [0.05, 0.1) is 0 Å². The van der Waals surface area contributed by atoms with Crippen molar-refractivity contribution in [1.82, 2.24) is 4.57 Å². The first-order valence-corrected chi connectivity index (χ1v) is 5.39. The van der Waals surface area contributed by atoms with Crippen molar-refractivity contribution < 1.29 is 0 Å².